The minimum Gasteiger partial charge on any atom is -0.492 e. The Bertz CT molecular complexity index is 514. The number of nitrogens with one attached hydrogen (secondary N) is 1. The highest BCUT2D eigenvalue weighted by atomic mass is 16.5. The molecule has 1 aromatic carbocycles. The van der Waals surface area contributed by atoms with Crippen LogP contribution in [-0.2, 0) is 13.1 Å². The van der Waals surface area contributed by atoms with E-state index in [0.29, 0.717) is 6.61 Å². The Morgan fingerprint density at radius 1 is 1.15 bits per heavy atom. The summed E-state index contributed by atoms with van der Waals surface area (Å²) < 4.78 is 7.69. The van der Waals surface area contributed by atoms with Gasteiger partial charge in [0, 0.05) is 18.3 Å². The van der Waals surface area contributed by atoms with Gasteiger partial charge >= 0.3 is 0 Å². The molecule has 0 aliphatic rings. The molecule has 0 spiro atoms. The second kappa shape index (κ2) is 6.57. The zero-order chi connectivity index (χ0) is 14.4. The molecule has 1 heterocycles. The van der Waals surface area contributed by atoms with E-state index in [1.54, 1.807) is 0 Å². The molecule has 2 aromatic rings. The Balaban J connectivity index is 1.83. The second-order valence-corrected chi connectivity index (χ2v) is 5.81. The van der Waals surface area contributed by atoms with Crippen molar-refractivity contribution in [3.8, 4) is 5.75 Å². The molecule has 0 amide bonds. The van der Waals surface area contributed by atoms with Gasteiger partial charge in [0.1, 0.15) is 12.4 Å². The van der Waals surface area contributed by atoms with Crippen molar-refractivity contribution in [2.24, 2.45) is 0 Å². The van der Waals surface area contributed by atoms with Crippen LogP contribution in [0.25, 0.3) is 0 Å². The van der Waals surface area contributed by atoms with Crippen LogP contribution in [0.2, 0.25) is 0 Å². The third-order valence-electron chi connectivity index (χ3n) is 2.92. The van der Waals surface area contributed by atoms with Crippen LogP contribution in [0.1, 0.15) is 26.5 Å². The van der Waals surface area contributed by atoms with E-state index >= 15 is 0 Å². The first-order chi connectivity index (χ1) is 9.54. The largest absolute Gasteiger partial charge is 0.492 e. The highest BCUT2D eigenvalue weighted by Gasteiger charge is 2.10. The average Bonchev–Trinajstić information content (AvgIpc) is 2.84. The first kappa shape index (κ1) is 14.6. The lowest BCUT2D eigenvalue weighted by atomic mass is 10.1. The maximum atomic E-state index is 5.70. The Morgan fingerprint density at radius 2 is 1.90 bits per heavy atom. The number of para-hydroxylation sites is 1. The zero-order valence-corrected chi connectivity index (χ0v) is 12.5. The fourth-order valence-electron chi connectivity index (χ4n) is 1.83. The topological polar surface area (TPSA) is 39.1 Å². The molecular formula is C16H23N3O. The predicted molar refractivity (Wildman–Crippen MR) is 80.8 cm³/mol. The van der Waals surface area contributed by atoms with E-state index in [4.69, 9.17) is 4.74 Å². The van der Waals surface area contributed by atoms with Crippen LogP contribution in [0.3, 0.4) is 0 Å². The van der Waals surface area contributed by atoms with Crippen molar-refractivity contribution in [3.63, 3.8) is 0 Å². The fraction of sp³-hybridized carbons (Fsp3) is 0.438. The summed E-state index contributed by atoms with van der Waals surface area (Å²) in [5.41, 5.74) is 1.28. The van der Waals surface area contributed by atoms with Crippen molar-refractivity contribution in [3.05, 3.63) is 48.3 Å². The van der Waals surface area contributed by atoms with Gasteiger partial charge in [-0.05, 0) is 39.0 Å². The molecule has 0 bridgehead atoms. The van der Waals surface area contributed by atoms with Crippen molar-refractivity contribution in [2.45, 2.75) is 39.4 Å². The van der Waals surface area contributed by atoms with Gasteiger partial charge in [0.2, 0.25) is 0 Å². The van der Waals surface area contributed by atoms with Gasteiger partial charge in [0.05, 0.1) is 12.2 Å². The molecule has 4 nitrogen and oxygen atoms in total. The molecule has 1 aromatic heterocycles. The fourth-order valence-corrected chi connectivity index (χ4v) is 1.83. The van der Waals surface area contributed by atoms with E-state index in [2.05, 4.69) is 31.2 Å². The van der Waals surface area contributed by atoms with Gasteiger partial charge in [-0.1, -0.05) is 18.2 Å². The predicted octanol–water partition coefficient (Wildman–Crippen LogP) is 2.85. The molecule has 108 valence electrons. The van der Waals surface area contributed by atoms with Crippen molar-refractivity contribution in [1.82, 2.24) is 15.1 Å². The minimum absolute atomic E-state index is 0.107. The third kappa shape index (κ3) is 4.70. The lowest BCUT2D eigenvalue weighted by molar-refractivity contribution is 0.287. The van der Waals surface area contributed by atoms with Crippen LogP contribution in [0, 0.1) is 0 Å². The summed E-state index contributed by atoms with van der Waals surface area (Å²) in [6.45, 7) is 8.66. The van der Waals surface area contributed by atoms with Crippen molar-refractivity contribution in [2.75, 3.05) is 6.61 Å². The Hall–Kier alpha value is -1.81. The van der Waals surface area contributed by atoms with Crippen LogP contribution in [0.5, 0.6) is 5.75 Å². The molecule has 0 atom stereocenters. The molecule has 2 rings (SSSR count). The van der Waals surface area contributed by atoms with E-state index in [1.807, 2.05) is 47.3 Å². The Morgan fingerprint density at radius 3 is 2.60 bits per heavy atom. The minimum atomic E-state index is 0.107. The van der Waals surface area contributed by atoms with Gasteiger partial charge < -0.3 is 10.1 Å². The monoisotopic (exact) mass is 273 g/mol. The van der Waals surface area contributed by atoms with E-state index in [1.165, 1.54) is 5.69 Å². The number of rotatable bonds is 6. The molecule has 20 heavy (non-hydrogen) atoms. The number of aromatic nitrogens is 2. The zero-order valence-electron chi connectivity index (χ0n) is 12.5. The molecule has 0 radical (unpaired) electrons. The summed E-state index contributed by atoms with van der Waals surface area (Å²) in [6.07, 6.45) is 1.84. The quantitative estimate of drug-likeness (QED) is 0.879. The number of benzene rings is 1. The van der Waals surface area contributed by atoms with Crippen molar-refractivity contribution < 1.29 is 4.74 Å². The van der Waals surface area contributed by atoms with Crippen molar-refractivity contribution in [1.29, 1.82) is 0 Å². The van der Waals surface area contributed by atoms with Crippen LogP contribution in [-0.4, -0.2) is 21.9 Å². The highest BCUT2D eigenvalue weighted by molar-refractivity contribution is 5.20. The number of nitrogens with zero attached hydrogens (tertiary/aromatic N) is 2. The van der Waals surface area contributed by atoms with Gasteiger partial charge in [-0.25, -0.2) is 0 Å². The summed E-state index contributed by atoms with van der Waals surface area (Å²) in [7, 11) is 0. The average molecular weight is 273 g/mol. The molecule has 0 fully saturated rings. The maximum absolute atomic E-state index is 5.70. The normalized spacial score (nSPS) is 11.6. The third-order valence-corrected chi connectivity index (χ3v) is 2.92. The molecule has 1 N–H and O–H groups in total. The molecule has 0 saturated heterocycles. The van der Waals surface area contributed by atoms with Gasteiger partial charge in [-0.15, -0.1) is 0 Å². The summed E-state index contributed by atoms with van der Waals surface area (Å²) in [5, 5.41) is 7.82. The summed E-state index contributed by atoms with van der Waals surface area (Å²) >= 11 is 0. The SMILES string of the molecule is CC(C)(C)NCc1ccnn1CCOc1ccccc1. The number of ether oxygens (including phenoxy) is 1. The number of hydrogen-bond acceptors (Lipinski definition) is 3. The Kier molecular flexibility index (Phi) is 4.79. The van der Waals surface area contributed by atoms with Crippen molar-refractivity contribution >= 4 is 0 Å². The van der Waals surface area contributed by atoms with E-state index in [9.17, 15) is 0 Å². The van der Waals surface area contributed by atoms with E-state index < -0.39 is 0 Å². The van der Waals surface area contributed by atoms with Gasteiger partial charge in [0.25, 0.3) is 0 Å². The lowest BCUT2D eigenvalue weighted by Crippen LogP contribution is -2.35. The van der Waals surface area contributed by atoms with Gasteiger partial charge in [-0.2, -0.15) is 5.10 Å². The summed E-state index contributed by atoms with van der Waals surface area (Å²) in [5.74, 6) is 0.897. The molecule has 0 saturated carbocycles. The maximum Gasteiger partial charge on any atom is 0.119 e. The molecular weight excluding hydrogens is 250 g/mol. The first-order valence-electron chi connectivity index (χ1n) is 6.98. The van der Waals surface area contributed by atoms with Gasteiger partial charge in [-0.3, -0.25) is 4.68 Å². The van der Waals surface area contributed by atoms with Gasteiger partial charge in [0.15, 0.2) is 0 Å². The van der Waals surface area contributed by atoms with Crippen LogP contribution < -0.4 is 10.1 Å². The standard InChI is InChI=1S/C16H23N3O/c1-16(2,3)17-13-14-9-10-18-19(14)11-12-20-15-7-5-4-6-8-15/h4-10,17H,11-13H2,1-3H3. The van der Waals surface area contributed by atoms with Crippen LogP contribution in [0.4, 0.5) is 0 Å². The van der Waals surface area contributed by atoms with Crippen LogP contribution >= 0.6 is 0 Å². The smallest absolute Gasteiger partial charge is 0.119 e. The Labute approximate surface area is 120 Å². The second-order valence-electron chi connectivity index (χ2n) is 5.81. The summed E-state index contributed by atoms with van der Waals surface area (Å²) in [6, 6.07) is 11.9. The number of hydrogen-bond donors (Lipinski definition) is 1. The highest BCUT2D eigenvalue weighted by Crippen LogP contribution is 2.09. The lowest BCUT2D eigenvalue weighted by Gasteiger charge is -2.20. The van der Waals surface area contributed by atoms with E-state index in [-0.39, 0.29) is 5.54 Å². The van der Waals surface area contributed by atoms with Crippen LogP contribution in [0.15, 0.2) is 42.6 Å². The molecule has 0 aliphatic carbocycles. The molecule has 0 unspecified atom stereocenters. The van der Waals surface area contributed by atoms with E-state index in [0.717, 1.165) is 18.8 Å². The first-order valence-corrected chi connectivity index (χ1v) is 6.98. The molecule has 4 heteroatoms. The molecule has 0 aliphatic heterocycles. The summed E-state index contributed by atoms with van der Waals surface area (Å²) in [4.78, 5) is 0.